The van der Waals surface area contributed by atoms with Crippen LogP contribution in [0.15, 0.2) is 36.5 Å². The van der Waals surface area contributed by atoms with Gasteiger partial charge >= 0.3 is 5.97 Å². The lowest BCUT2D eigenvalue weighted by molar-refractivity contribution is 0.0492. The second kappa shape index (κ2) is 9.69. The van der Waals surface area contributed by atoms with Crippen LogP contribution in [0.5, 0.6) is 0 Å². The Kier molecular flexibility index (Phi) is 7.02. The molecular weight excluding hydrogens is 404 g/mol. The van der Waals surface area contributed by atoms with Crippen molar-refractivity contribution in [3.8, 4) is 11.4 Å². The Morgan fingerprint density at radius 1 is 1.23 bits per heavy atom. The highest BCUT2D eigenvalue weighted by molar-refractivity contribution is 6.29. The van der Waals surface area contributed by atoms with Crippen molar-refractivity contribution in [3.05, 3.63) is 58.4 Å². The molecule has 2 heterocycles. The third-order valence-electron chi connectivity index (χ3n) is 4.46. The number of hydrogen-bond acceptors (Lipinski definition) is 7. The van der Waals surface area contributed by atoms with Crippen LogP contribution in [0.4, 0.5) is 5.95 Å². The molecule has 30 heavy (non-hydrogen) atoms. The number of nitrogens with two attached hydrogens (primary N) is 1. The van der Waals surface area contributed by atoms with Crippen LogP contribution in [0.1, 0.15) is 27.9 Å². The van der Waals surface area contributed by atoms with Gasteiger partial charge < -0.3 is 15.4 Å². The van der Waals surface area contributed by atoms with Crippen molar-refractivity contribution in [1.82, 2.24) is 24.6 Å². The van der Waals surface area contributed by atoms with Crippen LogP contribution in [0, 0.1) is 0 Å². The van der Waals surface area contributed by atoms with E-state index in [4.69, 9.17) is 22.1 Å². The topological polar surface area (TPSA) is 99.2 Å². The molecule has 1 aromatic carbocycles. The average molecular weight is 429 g/mol. The predicted molar refractivity (Wildman–Crippen MR) is 116 cm³/mol. The van der Waals surface area contributed by atoms with Crippen molar-refractivity contribution in [2.75, 3.05) is 33.0 Å². The Hall–Kier alpha value is -2.97. The monoisotopic (exact) mass is 428 g/mol. The number of anilines is 1. The summed E-state index contributed by atoms with van der Waals surface area (Å²) in [6, 6.07) is 9.03. The van der Waals surface area contributed by atoms with Crippen molar-refractivity contribution < 1.29 is 9.53 Å². The highest BCUT2D eigenvalue weighted by Crippen LogP contribution is 2.26. The van der Waals surface area contributed by atoms with Gasteiger partial charge in [0.1, 0.15) is 10.8 Å². The lowest BCUT2D eigenvalue weighted by Gasteiger charge is -2.11. The summed E-state index contributed by atoms with van der Waals surface area (Å²) < 4.78 is 7.16. The molecule has 3 rings (SSSR count). The first kappa shape index (κ1) is 21.7. The van der Waals surface area contributed by atoms with Crippen molar-refractivity contribution in [2.45, 2.75) is 12.8 Å². The SMILES string of the molecule is CN(C)CCCOC(=O)c1ccccc1Cc1cn(C)nc1-c1cc(Cl)nc(N)n1. The number of halogens is 1. The molecule has 0 fully saturated rings. The van der Waals surface area contributed by atoms with E-state index in [1.165, 1.54) is 0 Å². The molecule has 3 aromatic rings. The van der Waals surface area contributed by atoms with Crippen molar-refractivity contribution >= 4 is 23.5 Å². The molecule has 0 saturated carbocycles. The number of nitrogen functional groups attached to an aromatic ring is 1. The number of rotatable bonds is 8. The van der Waals surface area contributed by atoms with E-state index in [9.17, 15) is 4.79 Å². The zero-order valence-corrected chi connectivity index (χ0v) is 18.1. The Bertz CT molecular complexity index is 1010. The van der Waals surface area contributed by atoms with E-state index in [1.807, 2.05) is 45.5 Å². The predicted octanol–water partition coefficient (Wildman–Crippen LogP) is 2.81. The summed E-state index contributed by atoms with van der Waals surface area (Å²) in [6.45, 7) is 1.24. The molecule has 0 atom stereocenters. The summed E-state index contributed by atoms with van der Waals surface area (Å²) >= 11 is 6.04. The lowest BCUT2D eigenvalue weighted by atomic mass is 9.99. The molecule has 0 saturated heterocycles. The number of aryl methyl sites for hydroxylation is 1. The van der Waals surface area contributed by atoms with E-state index >= 15 is 0 Å². The first-order chi connectivity index (χ1) is 14.3. The van der Waals surface area contributed by atoms with E-state index in [0.29, 0.717) is 30.0 Å². The smallest absolute Gasteiger partial charge is 0.338 e. The zero-order valence-electron chi connectivity index (χ0n) is 17.3. The van der Waals surface area contributed by atoms with Crippen LogP contribution in [0.3, 0.4) is 0 Å². The molecule has 0 amide bonds. The molecule has 0 bridgehead atoms. The van der Waals surface area contributed by atoms with Crippen molar-refractivity contribution in [2.24, 2.45) is 7.05 Å². The third kappa shape index (κ3) is 5.55. The molecule has 0 aliphatic carbocycles. The summed E-state index contributed by atoms with van der Waals surface area (Å²) in [5, 5.41) is 4.75. The fourth-order valence-electron chi connectivity index (χ4n) is 3.14. The number of esters is 1. The fourth-order valence-corrected chi connectivity index (χ4v) is 3.33. The Morgan fingerprint density at radius 2 is 2.00 bits per heavy atom. The molecule has 0 unspecified atom stereocenters. The van der Waals surface area contributed by atoms with Gasteiger partial charge in [0, 0.05) is 37.8 Å². The molecule has 0 radical (unpaired) electrons. The summed E-state index contributed by atoms with van der Waals surface area (Å²) in [5.74, 6) is -0.250. The van der Waals surface area contributed by atoms with Gasteiger partial charge in [-0.25, -0.2) is 14.8 Å². The Morgan fingerprint density at radius 3 is 2.73 bits per heavy atom. The maximum Gasteiger partial charge on any atom is 0.338 e. The van der Waals surface area contributed by atoms with Crippen LogP contribution in [0.2, 0.25) is 5.15 Å². The molecule has 0 aliphatic heterocycles. The Balaban J connectivity index is 1.83. The van der Waals surface area contributed by atoms with E-state index in [1.54, 1.807) is 16.8 Å². The van der Waals surface area contributed by atoms with E-state index < -0.39 is 0 Å². The first-order valence-electron chi connectivity index (χ1n) is 9.56. The summed E-state index contributed by atoms with van der Waals surface area (Å²) in [4.78, 5) is 22.8. The molecule has 158 valence electrons. The quantitative estimate of drug-likeness (QED) is 0.334. The number of hydrogen-bond donors (Lipinski definition) is 1. The summed E-state index contributed by atoms with van der Waals surface area (Å²) in [5.41, 5.74) is 9.19. The van der Waals surface area contributed by atoms with Gasteiger partial charge in [-0.05, 0) is 32.1 Å². The Labute approximate surface area is 180 Å². The largest absolute Gasteiger partial charge is 0.462 e. The van der Waals surface area contributed by atoms with Gasteiger partial charge in [0.05, 0.1) is 17.9 Å². The number of nitrogens with zero attached hydrogens (tertiary/aromatic N) is 5. The highest BCUT2D eigenvalue weighted by Gasteiger charge is 2.18. The van der Waals surface area contributed by atoms with Crippen LogP contribution >= 0.6 is 11.6 Å². The third-order valence-corrected chi connectivity index (χ3v) is 4.65. The van der Waals surface area contributed by atoms with Gasteiger partial charge in [-0.1, -0.05) is 29.8 Å². The molecular formula is C21H25ClN6O2. The first-order valence-corrected chi connectivity index (χ1v) is 9.94. The number of ether oxygens (including phenoxy) is 1. The van der Waals surface area contributed by atoms with Gasteiger partial charge in [0.25, 0.3) is 0 Å². The number of carbonyl (C=O) groups is 1. The second-order valence-corrected chi connectivity index (χ2v) is 7.62. The number of aromatic nitrogens is 4. The molecule has 2 aromatic heterocycles. The van der Waals surface area contributed by atoms with Gasteiger partial charge in [0.15, 0.2) is 0 Å². The van der Waals surface area contributed by atoms with Crippen LogP contribution in [0.25, 0.3) is 11.4 Å². The van der Waals surface area contributed by atoms with E-state index in [2.05, 4.69) is 20.0 Å². The summed E-state index contributed by atoms with van der Waals surface area (Å²) in [6.07, 6.45) is 3.15. The maximum atomic E-state index is 12.6. The molecule has 9 heteroatoms. The lowest BCUT2D eigenvalue weighted by Crippen LogP contribution is -2.16. The normalized spacial score (nSPS) is 11.1. The minimum absolute atomic E-state index is 0.0794. The van der Waals surface area contributed by atoms with Crippen LogP contribution < -0.4 is 5.73 Å². The van der Waals surface area contributed by atoms with E-state index in [0.717, 1.165) is 24.1 Å². The van der Waals surface area contributed by atoms with Crippen molar-refractivity contribution in [1.29, 1.82) is 0 Å². The average Bonchev–Trinajstić information content (AvgIpc) is 3.05. The van der Waals surface area contributed by atoms with E-state index in [-0.39, 0.29) is 17.1 Å². The maximum absolute atomic E-state index is 12.6. The standard InChI is InChI=1S/C21H25ClN6O2/c1-27(2)9-6-10-30-20(29)16-8-5-4-7-14(16)11-15-13-28(3)26-19(15)17-12-18(22)25-21(23)24-17/h4-5,7-8,12-13H,6,9-11H2,1-3H3,(H2,23,24,25). The van der Waals surface area contributed by atoms with Crippen molar-refractivity contribution in [3.63, 3.8) is 0 Å². The summed E-state index contributed by atoms with van der Waals surface area (Å²) in [7, 11) is 5.80. The molecule has 2 N–H and O–H groups in total. The van der Waals surface area contributed by atoms with Crippen LogP contribution in [-0.2, 0) is 18.2 Å². The molecule has 0 aliphatic rings. The molecule has 8 nitrogen and oxygen atoms in total. The number of carbonyl (C=O) groups excluding carboxylic acids is 1. The highest BCUT2D eigenvalue weighted by atomic mass is 35.5. The van der Waals surface area contributed by atoms with Gasteiger partial charge in [-0.15, -0.1) is 0 Å². The fraction of sp³-hybridized carbons (Fsp3) is 0.333. The second-order valence-electron chi connectivity index (χ2n) is 7.24. The molecule has 0 spiro atoms. The van der Waals surface area contributed by atoms with Gasteiger partial charge in [-0.3, -0.25) is 4.68 Å². The minimum atomic E-state index is -0.330. The van der Waals surface area contributed by atoms with Gasteiger partial charge in [-0.2, -0.15) is 5.10 Å². The van der Waals surface area contributed by atoms with Crippen LogP contribution in [-0.4, -0.2) is 57.9 Å². The zero-order chi connectivity index (χ0) is 21.7. The number of benzene rings is 1. The van der Waals surface area contributed by atoms with Gasteiger partial charge in [0.2, 0.25) is 5.95 Å². The minimum Gasteiger partial charge on any atom is -0.462 e.